The summed E-state index contributed by atoms with van der Waals surface area (Å²) in [6.45, 7) is 1.91. The van der Waals surface area contributed by atoms with Crippen LogP contribution in [0.3, 0.4) is 0 Å². The summed E-state index contributed by atoms with van der Waals surface area (Å²) < 4.78 is 32.6. The van der Waals surface area contributed by atoms with Crippen molar-refractivity contribution in [3.05, 3.63) is 53.1 Å². The normalized spacial score (nSPS) is 17.4. The molecule has 3 rings (SSSR count). The van der Waals surface area contributed by atoms with E-state index in [1.807, 2.05) is 31.2 Å². The van der Waals surface area contributed by atoms with Gasteiger partial charge in [-0.3, -0.25) is 4.31 Å². The maximum Gasteiger partial charge on any atom is 0.264 e. The van der Waals surface area contributed by atoms with E-state index in [-0.39, 0.29) is 10.9 Å². The van der Waals surface area contributed by atoms with Crippen LogP contribution in [0.2, 0.25) is 5.02 Å². The van der Waals surface area contributed by atoms with Gasteiger partial charge in [-0.1, -0.05) is 29.8 Å². The van der Waals surface area contributed by atoms with Crippen molar-refractivity contribution in [3.63, 3.8) is 0 Å². The number of hydrogen-bond acceptors (Lipinski definition) is 3. The maximum atomic E-state index is 13.0. The molecule has 0 N–H and O–H groups in total. The average Bonchev–Trinajstić information content (AvgIpc) is 2.83. The smallest absolute Gasteiger partial charge is 0.264 e. The van der Waals surface area contributed by atoms with E-state index in [1.54, 1.807) is 6.07 Å². The van der Waals surface area contributed by atoms with E-state index in [9.17, 15) is 8.42 Å². The van der Waals surface area contributed by atoms with Crippen LogP contribution in [0.4, 0.5) is 5.69 Å². The summed E-state index contributed by atoms with van der Waals surface area (Å²) in [7, 11) is -2.19. The molecule has 1 heterocycles. The van der Waals surface area contributed by atoms with Crippen molar-refractivity contribution in [2.75, 3.05) is 11.4 Å². The molecule has 2 aromatic rings. The van der Waals surface area contributed by atoms with E-state index in [0.717, 1.165) is 11.3 Å². The number of halogens is 1. The number of anilines is 1. The van der Waals surface area contributed by atoms with Gasteiger partial charge in [0.25, 0.3) is 10.0 Å². The van der Waals surface area contributed by atoms with E-state index in [2.05, 4.69) is 0 Å². The molecule has 2 aromatic carbocycles. The molecule has 4 nitrogen and oxygen atoms in total. The molecule has 1 atom stereocenters. The molecule has 1 aliphatic heterocycles. The van der Waals surface area contributed by atoms with Crippen molar-refractivity contribution in [1.29, 1.82) is 0 Å². The molecule has 0 spiro atoms. The predicted octanol–water partition coefficient (Wildman–Crippen LogP) is 3.49. The van der Waals surface area contributed by atoms with Crippen molar-refractivity contribution in [3.8, 4) is 5.75 Å². The lowest BCUT2D eigenvalue weighted by atomic mass is 10.1. The first-order chi connectivity index (χ1) is 10.4. The lowest BCUT2D eigenvalue weighted by molar-refractivity contribution is 0.413. The summed E-state index contributed by atoms with van der Waals surface area (Å²) in [5.74, 6) is 0.350. The standard InChI is InChI=1S/C16H16ClNO3S/c1-11-9-12-5-3-4-6-15(12)18(11)22(19,20)13-7-8-14(17)16(10-13)21-2/h3-8,10-11H,9H2,1-2H3/t11-/m0/s1. The minimum atomic E-state index is -3.66. The number of ether oxygens (including phenoxy) is 1. The van der Waals surface area contributed by atoms with Crippen LogP contribution in [0.15, 0.2) is 47.4 Å². The molecule has 0 radical (unpaired) electrons. The van der Waals surface area contributed by atoms with Crippen LogP contribution in [0.1, 0.15) is 12.5 Å². The molecule has 0 aliphatic carbocycles. The maximum absolute atomic E-state index is 13.0. The molecule has 0 unspecified atom stereocenters. The van der Waals surface area contributed by atoms with E-state index in [0.29, 0.717) is 17.2 Å². The summed E-state index contributed by atoms with van der Waals surface area (Å²) >= 11 is 5.98. The Morgan fingerprint density at radius 1 is 1.23 bits per heavy atom. The molecule has 0 saturated carbocycles. The highest BCUT2D eigenvalue weighted by atomic mass is 35.5. The van der Waals surface area contributed by atoms with Crippen LogP contribution in [0, 0.1) is 0 Å². The third-order valence-electron chi connectivity index (χ3n) is 3.82. The summed E-state index contributed by atoms with van der Waals surface area (Å²) in [5.41, 5.74) is 1.78. The molecule has 0 amide bonds. The van der Waals surface area contributed by atoms with E-state index >= 15 is 0 Å². The Morgan fingerprint density at radius 2 is 1.95 bits per heavy atom. The third-order valence-corrected chi connectivity index (χ3v) is 6.06. The number of nitrogens with zero attached hydrogens (tertiary/aromatic N) is 1. The predicted molar refractivity (Wildman–Crippen MR) is 87.3 cm³/mol. The second-order valence-electron chi connectivity index (χ2n) is 5.28. The van der Waals surface area contributed by atoms with Gasteiger partial charge in [-0.2, -0.15) is 0 Å². The van der Waals surface area contributed by atoms with Crippen molar-refractivity contribution in [2.24, 2.45) is 0 Å². The number of rotatable bonds is 3. The Labute approximate surface area is 135 Å². The molecule has 22 heavy (non-hydrogen) atoms. The first kappa shape index (κ1) is 15.2. The minimum absolute atomic E-state index is 0.121. The third kappa shape index (κ3) is 2.34. The summed E-state index contributed by atoms with van der Waals surface area (Å²) in [6, 6.07) is 12.0. The van der Waals surface area contributed by atoms with Crippen LogP contribution in [0.5, 0.6) is 5.75 Å². The fourth-order valence-electron chi connectivity index (χ4n) is 2.82. The Balaban J connectivity index is 2.11. The number of sulfonamides is 1. The van der Waals surface area contributed by atoms with Crippen molar-refractivity contribution in [1.82, 2.24) is 0 Å². The summed E-state index contributed by atoms with van der Waals surface area (Å²) in [4.78, 5) is 0.178. The average molecular weight is 338 g/mol. The molecule has 0 aromatic heterocycles. The van der Waals surface area contributed by atoms with Crippen LogP contribution >= 0.6 is 11.6 Å². The van der Waals surface area contributed by atoms with Gasteiger partial charge >= 0.3 is 0 Å². The lowest BCUT2D eigenvalue weighted by Gasteiger charge is -2.24. The Morgan fingerprint density at radius 3 is 2.68 bits per heavy atom. The van der Waals surface area contributed by atoms with Gasteiger partial charge in [0.15, 0.2) is 0 Å². The number of fused-ring (bicyclic) bond motifs is 1. The van der Waals surface area contributed by atoms with Crippen molar-refractivity contribution < 1.29 is 13.2 Å². The van der Waals surface area contributed by atoms with E-state index < -0.39 is 10.0 Å². The highest BCUT2D eigenvalue weighted by Gasteiger charge is 2.36. The zero-order valence-corrected chi connectivity index (χ0v) is 13.9. The Hall–Kier alpha value is -1.72. The lowest BCUT2D eigenvalue weighted by Crippen LogP contribution is -2.35. The molecular weight excluding hydrogens is 322 g/mol. The fraction of sp³-hybridized carbons (Fsp3) is 0.250. The minimum Gasteiger partial charge on any atom is -0.495 e. The van der Waals surface area contributed by atoms with Crippen LogP contribution in [-0.4, -0.2) is 21.6 Å². The van der Waals surface area contributed by atoms with Crippen molar-refractivity contribution >= 4 is 27.3 Å². The number of para-hydroxylation sites is 1. The van der Waals surface area contributed by atoms with Crippen LogP contribution in [0.25, 0.3) is 0 Å². The van der Waals surface area contributed by atoms with Crippen molar-refractivity contribution in [2.45, 2.75) is 24.3 Å². The molecule has 0 fully saturated rings. The van der Waals surface area contributed by atoms with Gasteiger partial charge in [-0.05, 0) is 37.1 Å². The highest BCUT2D eigenvalue weighted by molar-refractivity contribution is 7.92. The SMILES string of the molecule is COc1cc(S(=O)(=O)N2c3ccccc3C[C@@H]2C)ccc1Cl. The van der Waals surface area contributed by atoms with Gasteiger partial charge in [-0.15, -0.1) is 0 Å². The van der Waals surface area contributed by atoms with E-state index in [1.165, 1.54) is 23.5 Å². The first-order valence-corrected chi connectivity index (χ1v) is 8.73. The van der Waals surface area contributed by atoms with Gasteiger partial charge in [0.1, 0.15) is 5.75 Å². The van der Waals surface area contributed by atoms with Gasteiger partial charge < -0.3 is 4.74 Å². The fourth-order valence-corrected chi connectivity index (χ4v) is 4.72. The van der Waals surface area contributed by atoms with Crippen LogP contribution < -0.4 is 9.04 Å². The largest absolute Gasteiger partial charge is 0.495 e. The summed E-state index contributed by atoms with van der Waals surface area (Å²) in [6.07, 6.45) is 0.708. The van der Waals surface area contributed by atoms with E-state index in [4.69, 9.17) is 16.3 Å². The van der Waals surface area contributed by atoms with Crippen LogP contribution in [-0.2, 0) is 16.4 Å². The van der Waals surface area contributed by atoms with Gasteiger partial charge in [-0.25, -0.2) is 8.42 Å². The zero-order valence-electron chi connectivity index (χ0n) is 12.3. The monoisotopic (exact) mass is 337 g/mol. The quantitative estimate of drug-likeness (QED) is 0.861. The first-order valence-electron chi connectivity index (χ1n) is 6.91. The number of benzene rings is 2. The second kappa shape index (κ2) is 5.48. The molecule has 0 bridgehead atoms. The number of methoxy groups -OCH3 is 1. The highest BCUT2D eigenvalue weighted by Crippen LogP contribution is 2.37. The van der Waals surface area contributed by atoms with Gasteiger partial charge in [0.05, 0.1) is 22.7 Å². The molecular formula is C16H16ClNO3S. The second-order valence-corrected chi connectivity index (χ2v) is 7.50. The molecule has 6 heteroatoms. The zero-order chi connectivity index (χ0) is 15.9. The topological polar surface area (TPSA) is 46.6 Å². The van der Waals surface area contributed by atoms with Gasteiger partial charge in [0, 0.05) is 12.1 Å². The van der Waals surface area contributed by atoms with Gasteiger partial charge in [0.2, 0.25) is 0 Å². The summed E-state index contributed by atoms with van der Waals surface area (Å²) in [5, 5.41) is 0.385. The Kier molecular flexibility index (Phi) is 3.78. The molecule has 0 saturated heterocycles. The molecule has 1 aliphatic rings. The number of hydrogen-bond donors (Lipinski definition) is 0. The molecule has 116 valence electrons. The Bertz CT molecular complexity index is 820.